The molecule has 6 aromatic rings. The summed E-state index contributed by atoms with van der Waals surface area (Å²) in [5, 5.41) is 3.95. The second-order valence-electron chi connectivity index (χ2n) is 9.56. The summed E-state index contributed by atoms with van der Waals surface area (Å²) in [4.78, 5) is 25.9. The molecule has 0 radical (unpaired) electrons. The Labute approximate surface area is 242 Å². The molecule has 0 aliphatic heterocycles. The van der Waals surface area contributed by atoms with Crippen LogP contribution < -0.4 is 18.9 Å². The number of benzene rings is 6. The van der Waals surface area contributed by atoms with Crippen LogP contribution in [-0.4, -0.2) is 26.2 Å². The molecule has 6 heteroatoms. The van der Waals surface area contributed by atoms with Gasteiger partial charge in [0, 0.05) is 11.1 Å². The molecule has 206 valence electrons. The van der Waals surface area contributed by atoms with Crippen molar-refractivity contribution in [1.29, 1.82) is 0 Å². The Hall–Kier alpha value is -5.62. The minimum absolute atomic E-state index is 0.305. The molecule has 6 nitrogen and oxygen atoms in total. The average molecular weight is 555 g/mol. The SMILES string of the molecule is COc1ccc(C(=O)Oc2ccc(C(=O)Oc3ccc4ccccc4c3-c3c(OC)ccc4ccccc34)cc2)cc1. The molecule has 0 N–H and O–H groups in total. The van der Waals surface area contributed by atoms with Crippen LogP contribution in [0.5, 0.6) is 23.0 Å². The molecule has 42 heavy (non-hydrogen) atoms. The fourth-order valence-corrected chi connectivity index (χ4v) is 4.98. The van der Waals surface area contributed by atoms with E-state index in [9.17, 15) is 9.59 Å². The number of methoxy groups -OCH3 is 2. The van der Waals surface area contributed by atoms with Crippen molar-refractivity contribution in [3.05, 3.63) is 132 Å². The number of carbonyl (C=O) groups excluding carboxylic acids is 2. The first-order chi connectivity index (χ1) is 20.6. The Kier molecular flexibility index (Phi) is 7.26. The molecule has 0 aromatic heterocycles. The van der Waals surface area contributed by atoms with Crippen molar-refractivity contribution in [2.75, 3.05) is 14.2 Å². The topological polar surface area (TPSA) is 71.1 Å². The van der Waals surface area contributed by atoms with Gasteiger partial charge >= 0.3 is 11.9 Å². The summed E-state index contributed by atoms with van der Waals surface area (Å²) in [5.41, 5.74) is 2.30. The molecular formula is C36H26O6. The molecule has 0 spiro atoms. The lowest BCUT2D eigenvalue weighted by Crippen LogP contribution is -2.11. The van der Waals surface area contributed by atoms with Crippen LogP contribution in [0.2, 0.25) is 0 Å². The van der Waals surface area contributed by atoms with Gasteiger partial charge in [0.15, 0.2) is 0 Å². The number of hydrogen-bond acceptors (Lipinski definition) is 6. The van der Waals surface area contributed by atoms with Gasteiger partial charge in [-0.1, -0.05) is 60.7 Å². The molecule has 0 bridgehead atoms. The first-order valence-electron chi connectivity index (χ1n) is 13.3. The van der Waals surface area contributed by atoms with Crippen LogP contribution in [0.15, 0.2) is 121 Å². The van der Waals surface area contributed by atoms with Crippen molar-refractivity contribution in [2.24, 2.45) is 0 Å². The third-order valence-corrected chi connectivity index (χ3v) is 7.08. The quantitative estimate of drug-likeness (QED) is 0.147. The van der Waals surface area contributed by atoms with Gasteiger partial charge in [0.1, 0.15) is 23.0 Å². The first kappa shape index (κ1) is 26.6. The highest BCUT2D eigenvalue weighted by molar-refractivity contribution is 6.10. The third-order valence-electron chi connectivity index (χ3n) is 7.08. The summed E-state index contributed by atoms with van der Waals surface area (Å²) in [7, 11) is 3.19. The second kappa shape index (κ2) is 11.5. The van der Waals surface area contributed by atoms with Gasteiger partial charge in [0.2, 0.25) is 0 Å². The van der Waals surface area contributed by atoms with Crippen molar-refractivity contribution in [3.8, 4) is 34.1 Å². The molecule has 6 rings (SSSR count). The number of ether oxygens (including phenoxy) is 4. The van der Waals surface area contributed by atoms with E-state index in [0.717, 1.165) is 32.7 Å². The monoisotopic (exact) mass is 554 g/mol. The lowest BCUT2D eigenvalue weighted by Gasteiger charge is -2.18. The van der Waals surface area contributed by atoms with Crippen molar-refractivity contribution in [2.45, 2.75) is 0 Å². The van der Waals surface area contributed by atoms with Crippen LogP contribution in [0.1, 0.15) is 20.7 Å². The standard InChI is InChI=1S/C36H26O6/c1-39-27-17-11-25(12-18-27)35(37)41-28-19-13-26(14-20-28)36(38)42-32-22-16-24-8-4-6-10-30(24)34(32)33-29-9-5-3-7-23(29)15-21-31(33)40-2/h3-22H,1-2H3. The molecule has 0 atom stereocenters. The number of fused-ring (bicyclic) bond motifs is 2. The normalized spacial score (nSPS) is 10.8. The highest BCUT2D eigenvalue weighted by atomic mass is 16.5. The van der Waals surface area contributed by atoms with Gasteiger partial charge < -0.3 is 18.9 Å². The molecule has 0 unspecified atom stereocenters. The first-order valence-corrected chi connectivity index (χ1v) is 13.3. The average Bonchev–Trinajstić information content (AvgIpc) is 3.04. The van der Waals surface area contributed by atoms with Crippen molar-refractivity contribution < 1.29 is 28.5 Å². The Bertz CT molecular complexity index is 1920. The van der Waals surface area contributed by atoms with Gasteiger partial charge in [0.05, 0.1) is 25.3 Å². The van der Waals surface area contributed by atoms with Crippen LogP contribution in [0, 0.1) is 0 Å². The Morgan fingerprint density at radius 1 is 0.452 bits per heavy atom. The van der Waals surface area contributed by atoms with Crippen LogP contribution in [0.4, 0.5) is 0 Å². The van der Waals surface area contributed by atoms with E-state index < -0.39 is 11.9 Å². The minimum Gasteiger partial charge on any atom is -0.497 e. The summed E-state index contributed by atoms with van der Waals surface area (Å²) in [6.45, 7) is 0. The fourth-order valence-electron chi connectivity index (χ4n) is 4.98. The summed E-state index contributed by atoms with van der Waals surface area (Å²) < 4.78 is 22.4. The highest BCUT2D eigenvalue weighted by Gasteiger charge is 2.21. The smallest absolute Gasteiger partial charge is 0.343 e. The third kappa shape index (κ3) is 5.13. The van der Waals surface area contributed by atoms with Crippen molar-refractivity contribution in [1.82, 2.24) is 0 Å². The summed E-state index contributed by atoms with van der Waals surface area (Å²) in [6.07, 6.45) is 0. The lowest BCUT2D eigenvalue weighted by atomic mass is 9.92. The van der Waals surface area contributed by atoms with E-state index in [-0.39, 0.29) is 0 Å². The zero-order chi connectivity index (χ0) is 29.1. The maximum atomic E-state index is 13.4. The summed E-state index contributed by atoms with van der Waals surface area (Å²) >= 11 is 0. The Morgan fingerprint density at radius 3 is 1.48 bits per heavy atom. The molecule has 0 saturated heterocycles. The Morgan fingerprint density at radius 2 is 0.929 bits per heavy atom. The van der Waals surface area contributed by atoms with E-state index in [1.807, 2.05) is 72.8 Å². The van der Waals surface area contributed by atoms with E-state index in [2.05, 4.69) is 0 Å². The molecule has 0 aliphatic rings. The molecule has 0 fully saturated rings. The minimum atomic E-state index is -0.543. The maximum Gasteiger partial charge on any atom is 0.343 e. The maximum absolute atomic E-state index is 13.4. The van der Waals surface area contributed by atoms with Crippen LogP contribution >= 0.6 is 0 Å². The lowest BCUT2D eigenvalue weighted by molar-refractivity contribution is 0.0730. The highest BCUT2D eigenvalue weighted by Crippen LogP contribution is 2.45. The van der Waals surface area contributed by atoms with Crippen LogP contribution in [0.3, 0.4) is 0 Å². The fraction of sp³-hybridized carbons (Fsp3) is 0.0556. The van der Waals surface area contributed by atoms with Gasteiger partial charge in [-0.25, -0.2) is 9.59 Å². The van der Waals surface area contributed by atoms with E-state index in [1.165, 1.54) is 0 Å². The molecule has 0 aliphatic carbocycles. The molecular weight excluding hydrogens is 528 g/mol. The summed E-state index contributed by atoms with van der Waals surface area (Å²) in [6, 6.07) is 36.6. The zero-order valence-corrected chi connectivity index (χ0v) is 23.0. The van der Waals surface area contributed by atoms with Crippen molar-refractivity contribution in [3.63, 3.8) is 0 Å². The van der Waals surface area contributed by atoms with Gasteiger partial charge in [0.25, 0.3) is 0 Å². The zero-order valence-electron chi connectivity index (χ0n) is 23.0. The predicted octanol–water partition coefficient (Wildman–Crippen LogP) is 8.12. The number of esters is 2. The van der Waals surface area contributed by atoms with Crippen LogP contribution in [-0.2, 0) is 0 Å². The van der Waals surface area contributed by atoms with E-state index >= 15 is 0 Å². The number of hydrogen-bond donors (Lipinski definition) is 0. The number of rotatable bonds is 7. The van der Waals surface area contributed by atoms with Crippen molar-refractivity contribution >= 4 is 33.5 Å². The second-order valence-corrected chi connectivity index (χ2v) is 9.56. The molecule has 0 saturated carbocycles. The van der Waals surface area contributed by atoms with Gasteiger partial charge in [-0.15, -0.1) is 0 Å². The number of carbonyl (C=O) groups is 2. The molecule has 0 amide bonds. The Balaban J connectivity index is 1.32. The van der Waals surface area contributed by atoms with Gasteiger partial charge in [-0.05, 0) is 82.2 Å². The van der Waals surface area contributed by atoms with Gasteiger partial charge in [-0.2, -0.15) is 0 Å². The van der Waals surface area contributed by atoms with E-state index in [1.54, 1.807) is 62.8 Å². The van der Waals surface area contributed by atoms with Crippen LogP contribution in [0.25, 0.3) is 32.7 Å². The largest absolute Gasteiger partial charge is 0.497 e. The predicted molar refractivity (Wildman–Crippen MR) is 163 cm³/mol. The molecule has 6 aromatic carbocycles. The van der Waals surface area contributed by atoms with E-state index in [0.29, 0.717) is 34.1 Å². The van der Waals surface area contributed by atoms with E-state index in [4.69, 9.17) is 18.9 Å². The summed E-state index contributed by atoms with van der Waals surface area (Å²) in [5.74, 6) is 0.965. The molecule has 0 heterocycles. The van der Waals surface area contributed by atoms with Gasteiger partial charge in [-0.3, -0.25) is 0 Å².